The largest absolute Gasteiger partial charge is 0.383 e. The molecule has 0 saturated heterocycles. The highest BCUT2D eigenvalue weighted by atomic mass is 16.5. The fourth-order valence-electron chi connectivity index (χ4n) is 2.22. The van der Waals surface area contributed by atoms with Crippen LogP contribution in [0.25, 0.3) is 16.7 Å². The molecule has 1 N–H and O–H groups in total. The van der Waals surface area contributed by atoms with E-state index in [1.54, 1.807) is 25.7 Å². The molecule has 2 aromatic heterocycles. The Morgan fingerprint density at radius 3 is 2.83 bits per heavy atom. The van der Waals surface area contributed by atoms with Gasteiger partial charge in [-0.05, 0) is 12.1 Å². The first-order chi connectivity index (χ1) is 11.1. The molecular weight excluding hydrogens is 296 g/mol. The van der Waals surface area contributed by atoms with Crippen molar-refractivity contribution in [2.24, 2.45) is 0 Å². The Morgan fingerprint density at radius 2 is 2.09 bits per heavy atom. The van der Waals surface area contributed by atoms with Crippen LogP contribution in [-0.4, -0.2) is 64.7 Å². The molecule has 3 rings (SSSR count). The van der Waals surface area contributed by atoms with Gasteiger partial charge in [-0.1, -0.05) is 12.1 Å². The lowest BCUT2D eigenvalue weighted by Crippen LogP contribution is -2.23. The third-order valence-electron chi connectivity index (χ3n) is 3.36. The fourth-order valence-corrected chi connectivity index (χ4v) is 2.22. The molecule has 0 unspecified atom stereocenters. The number of amides is 1. The number of benzene rings is 1. The van der Waals surface area contributed by atoms with Crippen LogP contribution in [0.4, 0.5) is 5.82 Å². The van der Waals surface area contributed by atoms with E-state index >= 15 is 0 Å². The molecular formula is C15H18N6O2. The van der Waals surface area contributed by atoms with Crippen molar-refractivity contribution in [1.29, 1.82) is 0 Å². The Labute approximate surface area is 133 Å². The summed E-state index contributed by atoms with van der Waals surface area (Å²) in [6.45, 7) is 1.12. The first-order valence-electron chi connectivity index (χ1n) is 7.22. The molecule has 1 amide bonds. The number of rotatable bonds is 5. The van der Waals surface area contributed by atoms with Gasteiger partial charge in [0, 0.05) is 27.7 Å². The molecule has 120 valence electrons. The second-order valence-corrected chi connectivity index (χ2v) is 5.24. The molecule has 3 aromatic rings. The van der Waals surface area contributed by atoms with E-state index in [0.717, 1.165) is 11.0 Å². The number of carbonyl (C=O) groups is 1. The van der Waals surface area contributed by atoms with E-state index in [2.05, 4.69) is 20.4 Å². The molecule has 0 radical (unpaired) electrons. The maximum atomic E-state index is 12.1. The maximum absolute atomic E-state index is 12.1. The van der Waals surface area contributed by atoms with Crippen LogP contribution in [0.1, 0.15) is 10.6 Å². The van der Waals surface area contributed by atoms with E-state index in [1.165, 1.54) is 4.90 Å². The number of anilines is 1. The second kappa shape index (κ2) is 6.17. The van der Waals surface area contributed by atoms with Gasteiger partial charge in [-0.25, -0.2) is 9.50 Å². The van der Waals surface area contributed by atoms with Gasteiger partial charge in [0.1, 0.15) is 0 Å². The summed E-state index contributed by atoms with van der Waals surface area (Å²) in [5.74, 6) is 0.467. The lowest BCUT2D eigenvalue weighted by molar-refractivity contribution is 0.0816. The van der Waals surface area contributed by atoms with E-state index in [1.807, 2.05) is 24.3 Å². The number of para-hydroxylation sites is 2. The highest BCUT2D eigenvalue weighted by Crippen LogP contribution is 2.20. The lowest BCUT2D eigenvalue weighted by Gasteiger charge is -2.07. The zero-order chi connectivity index (χ0) is 16.4. The zero-order valence-corrected chi connectivity index (χ0v) is 13.3. The summed E-state index contributed by atoms with van der Waals surface area (Å²) in [7, 11) is 4.97. The minimum absolute atomic E-state index is 0.142. The Kier molecular flexibility index (Phi) is 4.07. The highest BCUT2D eigenvalue weighted by Gasteiger charge is 2.18. The molecule has 0 atom stereocenters. The second-order valence-electron chi connectivity index (χ2n) is 5.24. The van der Waals surface area contributed by atoms with Crippen molar-refractivity contribution in [3.05, 3.63) is 30.1 Å². The molecule has 0 fully saturated rings. The van der Waals surface area contributed by atoms with Gasteiger partial charge in [0.05, 0.1) is 17.6 Å². The number of ether oxygens (including phenoxy) is 1. The van der Waals surface area contributed by atoms with Crippen LogP contribution in [0.15, 0.2) is 24.3 Å². The number of hydrogen-bond donors (Lipinski definition) is 1. The zero-order valence-electron chi connectivity index (χ0n) is 13.3. The summed E-state index contributed by atoms with van der Waals surface area (Å²) >= 11 is 0. The van der Waals surface area contributed by atoms with E-state index in [0.29, 0.717) is 24.6 Å². The van der Waals surface area contributed by atoms with Crippen LogP contribution in [0, 0.1) is 0 Å². The fraction of sp³-hybridized carbons (Fsp3) is 0.333. The lowest BCUT2D eigenvalue weighted by atomic mass is 10.3. The smallest absolute Gasteiger partial charge is 0.293 e. The molecule has 23 heavy (non-hydrogen) atoms. The van der Waals surface area contributed by atoms with Crippen molar-refractivity contribution in [3.63, 3.8) is 0 Å². The quantitative estimate of drug-likeness (QED) is 0.708. The van der Waals surface area contributed by atoms with Crippen LogP contribution in [0.2, 0.25) is 0 Å². The number of carbonyl (C=O) groups excluding carboxylic acids is 1. The monoisotopic (exact) mass is 314 g/mol. The molecule has 0 bridgehead atoms. The predicted molar refractivity (Wildman–Crippen MR) is 86.7 cm³/mol. The van der Waals surface area contributed by atoms with Gasteiger partial charge >= 0.3 is 0 Å². The van der Waals surface area contributed by atoms with Gasteiger partial charge in [0.25, 0.3) is 5.91 Å². The first-order valence-corrected chi connectivity index (χ1v) is 7.22. The van der Waals surface area contributed by atoms with Gasteiger partial charge in [-0.2, -0.15) is 4.98 Å². The van der Waals surface area contributed by atoms with Gasteiger partial charge in [0.15, 0.2) is 11.5 Å². The molecule has 8 heteroatoms. The Bertz CT molecular complexity index is 858. The molecule has 0 aliphatic carbocycles. The van der Waals surface area contributed by atoms with Crippen LogP contribution in [0.5, 0.6) is 0 Å². The first kappa shape index (κ1) is 15.2. The maximum Gasteiger partial charge on any atom is 0.293 e. The van der Waals surface area contributed by atoms with Crippen molar-refractivity contribution in [2.45, 2.75) is 0 Å². The minimum atomic E-state index is -0.249. The van der Waals surface area contributed by atoms with Gasteiger partial charge in [-0.3, -0.25) is 4.79 Å². The van der Waals surface area contributed by atoms with Crippen molar-refractivity contribution >= 4 is 28.4 Å². The van der Waals surface area contributed by atoms with Crippen LogP contribution < -0.4 is 5.32 Å². The molecule has 0 saturated carbocycles. The van der Waals surface area contributed by atoms with Crippen LogP contribution in [-0.2, 0) is 4.74 Å². The molecule has 2 heterocycles. The van der Waals surface area contributed by atoms with Gasteiger partial charge < -0.3 is 15.0 Å². The van der Waals surface area contributed by atoms with E-state index in [4.69, 9.17) is 4.74 Å². The number of methoxy groups -OCH3 is 1. The third kappa shape index (κ3) is 2.80. The summed E-state index contributed by atoms with van der Waals surface area (Å²) in [4.78, 5) is 22.5. The van der Waals surface area contributed by atoms with Crippen molar-refractivity contribution < 1.29 is 9.53 Å². The molecule has 0 aliphatic heterocycles. The Hall–Kier alpha value is -2.74. The molecule has 0 spiro atoms. The average Bonchev–Trinajstić information content (AvgIpc) is 3.00. The summed E-state index contributed by atoms with van der Waals surface area (Å²) in [5, 5.41) is 7.53. The summed E-state index contributed by atoms with van der Waals surface area (Å²) in [5.41, 5.74) is 2.09. The van der Waals surface area contributed by atoms with Crippen molar-refractivity contribution in [1.82, 2.24) is 24.5 Å². The Morgan fingerprint density at radius 1 is 1.30 bits per heavy atom. The predicted octanol–water partition coefficient (Wildman–Crippen LogP) is 1.04. The Balaban J connectivity index is 2.17. The van der Waals surface area contributed by atoms with E-state index < -0.39 is 0 Å². The SMILES string of the molecule is COCCNc1nc2ccccc2n2nc(C(=O)N(C)C)nc12. The van der Waals surface area contributed by atoms with Gasteiger partial charge in [0.2, 0.25) is 5.82 Å². The van der Waals surface area contributed by atoms with Crippen LogP contribution in [0.3, 0.4) is 0 Å². The van der Waals surface area contributed by atoms with Gasteiger partial charge in [-0.15, -0.1) is 5.10 Å². The normalized spacial score (nSPS) is 11.1. The number of nitrogens with zero attached hydrogens (tertiary/aromatic N) is 5. The van der Waals surface area contributed by atoms with Crippen molar-refractivity contribution in [3.8, 4) is 0 Å². The minimum Gasteiger partial charge on any atom is -0.383 e. The molecule has 1 aromatic carbocycles. The van der Waals surface area contributed by atoms with Crippen LogP contribution >= 0.6 is 0 Å². The average molecular weight is 314 g/mol. The third-order valence-corrected chi connectivity index (χ3v) is 3.36. The standard InChI is InChI=1S/C15H18N6O2/c1-20(2)15(22)13-18-14-12(16-8-9-23-3)17-10-6-4-5-7-11(10)21(14)19-13/h4-7H,8-9H2,1-3H3,(H,16,17). The number of nitrogens with one attached hydrogen (secondary N) is 1. The molecule has 0 aliphatic rings. The van der Waals surface area contributed by atoms with E-state index in [-0.39, 0.29) is 11.7 Å². The number of aromatic nitrogens is 4. The summed E-state index contributed by atoms with van der Waals surface area (Å²) < 4.78 is 6.69. The highest BCUT2D eigenvalue weighted by molar-refractivity contribution is 5.92. The topological polar surface area (TPSA) is 84.7 Å². The number of fused-ring (bicyclic) bond motifs is 3. The van der Waals surface area contributed by atoms with Crippen molar-refractivity contribution in [2.75, 3.05) is 39.7 Å². The molecule has 8 nitrogen and oxygen atoms in total. The summed E-state index contributed by atoms with van der Waals surface area (Å²) in [6.07, 6.45) is 0. The number of hydrogen-bond acceptors (Lipinski definition) is 6. The van der Waals surface area contributed by atoms with E-state index in [9.17, 15) is 4.79 Å². The summed E-state index contributed by atoms with van der Waals surface area (Å²) in [6, 6.07) is 7.60.